The van der Waals surface area contributed by atoms with Gasteiger partial charge >= 0.3 is 0 Å². The van der Waals surface area contributed by atoms with E-state index in [9.17, 15) is 9.18 Å². The molecular formula is C20H30FN3O2. The molecule has 0 spiro atoms. The fraction of sp³-hybridized carbons (Fsp3) is 0.650. The van der Waals surface area contributed by atoms with Crippen LogP contribution in [0.1, 0.15) is 24.8 Å². The lowest BCUT2D eigenvalue weighted by molar-refractivity contribution is -0.126. The lowest BCUT2D eigenvalue weighted by atomic mass is 9.96. The van der Waals surface area contributed by atoms with E-state index >= 15 is 0 Å². The average molecular weight is 363 g/mol. The molecule has 2 saturated heterocycles. The molecule has 1 aromatic carbocycles. The van der Waals surface area contributed by atoms with Gasteiger partial charge in [-0.15, -0.1) is 0 Å². The van der Waals surface area contributed by atoms with Gasteiger partial charge in [0.2, 0.25) is 5.91 Å². The minimum absolute atomic E-state index is 0.0626. The van der Waals surface area contributed by atoms with Crippen molar-refractivity contribution in [1.82, 2.24) is 15.1 Å². The second-order valence-electron chi connectivity index (χ2n) is 7.30. The highest BCUT2D eigenvalue weighted by molar-refractivity contribution is 5.78. The first-order chi connectivity index (χ1) is 12.7. The molecule has 3 rings (SSSR count). The van der Waals surface area contributed by atoms with Crippen LogP contribution in [0.4, 0.5) is 4.39 Å². The highest BCUT2D eigenvalue weighted by Gasteiger charge is 2.25. The number of carbonyl (C=O) groups is 1. The van der Waals surface area contributed by atoms with Gasteiger partial charge in [0.15, 0.2) is 0 Å². The lowest BCUT2D eigenvalue weighted by Crippen LogP contribution is -2.43. The van der Waals surface area contributed by atoms with Crippen molar-refractivity contribution in [2.24, 2.45) is 5.92 Å². The van der Waals surface area contributed by atoms with E-state index in [0.717, 1.165) is 83.9 Å². The molecule has 2 heterocycles. The van der Waals surface area contributed by atoms with Crippen molar-refractivity contribution in [3.63, 3.8) is 0 Å². The van der Waals surface area contributed by atoms with Gasteiger partial charge in [-0.3, -0.25) is 14.6 Å². The maximum Gasteiger partial charge on any atom is 0.224 e. The Kier molecular flexibility index (Phi) is 7.41. The molecule has 26 heavy (non-hydrogen) atoms. The molecular weight excluding hydrogens is 333 g/mol. The Morgan fingerprint density at radius 3 is 2.69 bits per heavy atom. The van der Waals surface area contributed by atoms with Gasteiger partial charge in [0, 0.05) is 32.7 Å². The zero-order valence-electron chi connectivity index (χ0n) is 15.5. The molecule has 6 heteroatoms. The first kappa shape index (κ1) is 19.3. The van der Waals surface area contributed by atoms with Crippen molar-refractivity contribution in [1.29, 1.82) is 0 Å². The van der Waals surface area contributed by atoms with Crippen molar-refractivity contribution >= 4 is 5.91 Å². The van der Waals surface area contributed by atoms with E-state index in [1.165, 1.54) is 12.1 Å². The smallest absolute Gasteiger partial charge is 0.224 e. The van der Waals surface area contributed by atoms with Gasteiger partial charge in [-0.2, -0.15) is 0 Å². The summed E-state index contributed by atoms with van der Waals surface area (Å²) < 4.78 is 18.4. The minimum atomic E-state index is -0.207. The van der Waals surface area contributed by atoms with Gasteiger partial charge in [-0.05, 0) is 50.0 Å². The van der Waals surface area contributed by atoms with Crippen LogP contribution in [0.15, 0.2) is 24.3 Å². The molecule has 2 aliphatic heterocycles. The van der Waals surface area contributed by atoms with Crippen LogP contribution < -0.4 is 5.32 Å². The third-order valence-corrected chi connectivity index (χ3v) is 5.25. The number of piperidine rings is 1. The van der Waals surface area contributed by atoms with Gasteiger partial charge in [-0.25, -0.2) is 4.39 Å². The monoisotopic (exact) mass is 363 g/mol. The second-order valence-corrected chi connectivity index (χ2v) is 7.30. The van der Waals surface area contributed by atoms with Gasteiger partial charge in [0.05, 0.1) is 19.1 Å². The first-order valence-corrected chi connectivity index (χ1v) is 9.75. The van der Waals surface area contributed by atoms with Crippen LogP contribution in [0.5, 0.6) is 0 Å². The number of carbonyl (C=O) groups excluding carboxylic acids is 1. The van der Waals surface area contributed by atoms with Crippen LogP contribution in [0.3, 0.4) is 0 Å². The maximum absolute atomic E-state index is 13.0. The van der Waals surface area contributed by atoms with E-state index in [-0.39, 0.29) is 17.6 Å². The summed E-state index contributed by atoms with van der Waals surface area (Å²) in [5.41, 5.74) is 1.10. The average Bonchev–Trinajstić information content (AvgIpc) is 2.68. The molecule has 1 atom stereocenters. The van der Waals surface area contributed by atoms with Crippen LogP contribution in [0.25, 0.3) is 0 Å². The number of likely N-dealkylation sites (tertiary alicyclic amines) is 1. The molecule has 1 amide bonds. The summed E-state index contributed by atoms with van der Waals surface area (Å²) in [5.74, 6) is 0.0325. The van der Waals surface area contributed by atoms with Crippen molar-refractivity contribution in [2.75, 3.05) is 52.5 Å². The fourth-order valence-electron chi connectivity index (χ4n) is 3.74. The van der Waals surface area contributed by atoms with Gasteiger partial charge in [-0.1, -0.05) is 12.1 Å². The highest BCUT2D eigenvalue weighted by Crippen LogP contribution is 2.19. The molecule has 144 valence electrons. The Balaban J connectivity index is 1.36. The number of rotatable bonds is 7. The summed E-state index contributed by atoms with van der Waals surface area (Å²) in [4.78, 5) is 17.2. The summed E-state index contributed by atoms with van der Waals surface area (Å²) in [7, 11) is 0. The van der Waals surface area contributed by atoms with E-state index in [0.29, 0.717) is 0 Å². The molecule has 0 unspecified atom stereocenters. The van der Waals surface area contributed by atoms with E-state index < -0.39 is 0 Å². The highest BCUT2D eigenvalue weighted by atomic mass is 19.1. The molecule has 5 nitrogen and oxygen atoms in total. The minimum Gasteiger partial charge on any atom is -0.379 e. The molecule has 0 saturated carbocycles. The van der Waals surface area contributed by atoms with Gasteiger partial charge in [0.1, 0.15) is 5.82 Å². The Morgan fingerprint density at radius 2 is 1.92 bits per heavy atom. The maximum atomic E-state index is 13.0. The third-order valence-electron chi connectivity index (χ3n) is 5.25. The van der Waals surface area contributed by atoms with Crippen molar-refractivity contribution < 1.29 is 13.9 Å². The molecule has 1 aromatic rings. The number of morpholine rings is 1. The number of hydrogen-bond donors (Lipinski definition) is 1. The number of benzene rings is 1. The third kappa shape index (κ3) is 6.04. The molecule has 0 aromatic heterocycles. The summed E-state index contributed by atoms with van der Waals surface area (Å²) in [5, 5.41) is 3.11. The van der Waals surface area contributed by atoms with Crippen molar-refractivity contribution in [2.45, 2.75) is 25.8 Å². The first-order valence-electron chi connectivity index (χ1n) is 9.75. The predicted molar refractivity (Wildman–Crippen MR) is 99.3 cm³/mol. The molecule has 2 fully saturated rings. The number of amides is 1. The van der Waals surface area contributed by atoms with E-state index in [4.69, 9.17) is 4.74 Å². The van der Waals surface area contributed by atoms with Crippen LogP contribution in [-0.2, 0) is 16.1 Å². The number of halogens is 1. The fourth-order valence-corrected chi connectivity index (χ4v) is 3.74. The largest absolute Gasteiger partial charge is 0.379 e. The summed E-state index contributed by atoms with van der Waals surface area (Å²) >= 11 is 0. The van der Waals surface area contributed by atoms with Crippen molar-refractivity contribution in [3.05, 3.63) is 35.6 Å². The van der Waals surface area contributed by atoms with Crippen LogP contribution in [-0.4, -0.2) is 68.2 Å². The Bertz CT molecular complexity index is 561. The SMILES string of the molecule is O=C(NCCCN1CCOCC1)[C@H]1CCCN(Cc2ccc(F)cc2)C1. The molecule has 0 aliphatic carbocycles. The number of nitrogens with one attached hydrogen (secondary N) is 1. The van der Waals surface area contributed by atoms with E-state index in [2.05, 4.69) is 15.1 Å². The topological polar surface area (TPSA) is 44.8 Å². The summed E-state index contributed by atoms with van der Waals surface area (Å²) in [6.07, 6.45) is 2.97. The number of nitrogens with zero attached hydrogens (tertiary/aromatic N) is 2. The quantitative estimate of drug-likeness (QED) is 0.752. The summed E-state index contributed by atoms with van der Waals surface area (Å²) in [6, 6.07) is 6.64. The molecule has 2 aliphatic rings. The lowest BCUT2D eigenvalue weighted by Gasteiger charge is -2.32. The molecule has 0 radical (unpaired) electrons. The van der Waals surface area contributed by atoms with Crippen LogP contribution in [0.2, 0.25) is 0 Å². The number of hydrogen-bond acceptors (Lipinski definition) is 4. The molecule has 1 N–H and O–H groups in total. The zero-order chi connectivity index (χ0) is 18.2. The van der Waals surface area contributed by atoms with E-state index in [1.54, 1.807) is 0 Å². The van der Waals surface area contributed by atoms with Crippen LogP contribution in [0, 0.1) is 11.7 Å². The Labute approximate surface area is 155 Å². The van der Waals surface area contributed by atoms with Gasteiger partial charge < -0.3 is 10.1 Å². The normalized spacial score (nSPS) is 22.3. The Morgan fingerprint density at radius 1 is 1.15 bits per heavy atom. The van der Waals surface area contributed by atoms with Crippen LogP contribution >= 0.6 is 0 Å². The summed E-state index contributed by atoms with van der Waals surface area (Å²) in [6.45, 7) is 7.95. The zero-order valence-corrected chi connectivity index (χ0v) is 15.5. The van der Waals surface area contributed by atoms with Gasteiger partial charge in [0.25, 0.3) is 0 Å². The second kappa shape index (κ2) is 10.00. The van der Waals surface area contributed by atoms with Crippen molar-refractivity contribution in [3.8, 4) is 0 Å². The Hall–Kier alpha value is -1.50. The predicted octanol–water partition coefficient (Wildman–Crippen LogP) is 1.88. The number of ether oxygens (including phenoxy) is 1. The van der Waals surface area contributed by atoms with E-state index in [1.807, 2.05) is 12.1 Å². The molecule has 0 bridgehead atoms. The standard InChI is InChI=1S/C20H30FN3O2/c21-19-6-4-17(5-7-19)15-24-9-1-3-18(16-24)20(25)22-8-2-10-23-11-13-26-14-12-23/h4-7,18H,1-3,8-16H2,(H,22,25)/t18-/m0/s1.